The van der Waals surface area contributed by atoms with E-state index in [4.69, 9.17) is 10.00 Å². The fraction of sp³-hybridized carbons (Fsp3) is 0.143. The molecule has 2 aromatic carbocycles. The molecule has 0 radical (unpaired) electrons. The Labute approximate surface area is 163 Å². The van der Waals surface area contributed by atoms with Gasteiger partial charge in [0.15, 0.2) is 0 Å². The summed E-state index contributed by atoms with van der Waals surface area (Å²) in [5.41, 5.74) is 2.08. The second-order valence-corrected chi connectivity index (χ2v) is 6.25. The number of carbonyl (C=O) groups is 1. The Kier molecular flexibility index (Phi) is 5.82. The summed E-state index contributed by atoms with van der Waals surface area (Å²) in [7, 11) is 0. The first-order valence-electron chi connectivity index (χ1n) is 8.71. The second kappa shape index (κ2) is 8.64. The topological polar surface area (TPSA) is 99.9 Å². The van der Waals surface area contributed by atoms with Crippen molar-refractivity contribution >= 4 is 23.1 Å². The van der Waals surface area contributed by atoms with Gasteiger partial charge in [0.05, 0.1) is 17.7 Å². The van der Waals surface area contributed by atoms with Crippen LogP contribution in [0.3, 0.4) is 0 Å². The van der Waals surface area contributed by atoms with Gasteiger partial charge >= 0.3 is 0 Å². The first-order chi connectivity index (χ1) is 13.5. The maximum atomic E-state index is 12.5. The zero-order valence-electron chi connectivity index (χ0n) is 15.5. The molecule has 0 bridgehead atoms. The minimum atomic E-state index is -0.353. The van der Waals surface area contributed by atoms with Crippen LogP contribution < -0.4 is 15.4 Å². The van der Waals surface area contributed by atoms with E-state index in [9.17, 15) is 4.79 Å². The third-order valence-electron chi connectivity index (χ3n) is 3.65. The van der Waals surface area contributed by atoms with E-state index in [1.165, 1.54) is 6.33 Å². The van der Waals surface area contributed by atoms with Crippen LogP contribution in [0.25, 0.3) is 0 Å². The van der Waals surface area contributed by atoms with Gasteiger partial charge in [0.1, 0.15) is 23.6 Å². The Morgan fingerprint density at radius 1 is 1.07 bits per heavy atom. The molecule has 0 aliphatic carbocycles. The number of amides is 1. The van der Waals surface area contributed by atoms with E-state index in [1.807, 2.05) is 19.9 Å². The summed E-state index contributed by atoms with van der Waals surface area (Å²) in [6.07, 6.45) is 1.39. The maximum absolute atomic E-state index is 12.5. The lowest BCUT2D eigenvalue weighted by Crippen LogP contribution is -2.14. The van der Waals surface area contributed by atoms with Crippen LogP contribution in [0.15, 0.2) is 60.9 Å². The lowest BCUT2D eigenvalue weighted by Gasteiger charge is -2.11. The van der Waals surface area contributed by atoms with Gasteiger partial charge in [0.25, 0.3) is 5.91 Å². The number of ether oxygens (including phenoxy) is 1. The first kappa shape index (κ1) is 18.9. The standard InChI is InChI=1S/C21H19N5O2/c1-14(2)28-18-8-6-16(7-9-18)26-21(27)19-11-20(24-13-23-19)25-17-5-3-4-15(10-17)12-22/h3-11,13-14H,1-2H3,(H,26,27)(H,23,24,25). The summed E-state index contributed by atoms with van der Waals surface area (Å²) >= 11 is 0. The molecule has 0 aliphatic rings. The van der Waals surface area contributed by atoms with Crippen LogP contribution in [-0.4, -0.2) is 22.0 Å². The Bertz CT molecular complexity index is 1010. The highest BCUT2D eigenvalue weighted by Gasteiger charge is 2.10. The molecule has 0 unspecified atom stereocenters. The van der Waals surface area contributed by atoms with Crippen molar-refractivity contribution in [2.75, 3.05) is 10.6 Å². The number of anilines is 3. The van der Waals surface area contributed by atoms with Gasteiger partial charge in [-0.2, -0.15) is 5.26 Å². The predicted octanol–water partition coefficient (Wildman–Crippen LogP) is 4.13. The number of nitriles is 1. The average molecular weight is 373 g/mol. The normalized spacial score (nSPS) is 10.2. The highest BCUT2D eigenvalue weighted by Crippen LogP contribution is 2.19. The molecule has 1 heterocycles. The van der Waals surface area contributed by atoms with Crippen LogP contribution in [0.5, 0.6) is 5.75 Å². The second-order valence-electron chi connectivity index (χ2n) is 6.25. The molecule has 0 atom stereocenters. The van der Waals surface area contributed by atoms with Gasteiger partial charge in [-0.15, -0.1) is 0 Å². The smallest absolute Gasteiger partial charge is 0.274 e. The molecule has 3 rings (SSSR count). The van der Waals surface area contributed by atoms with E-state index < -0.39 is 0 Å². The van der Waals surface area contributed by atoms with Crippen molar-refractivity contribution in [1.29, 1.82) is 5.26 Å². The number of rotatable bonds is 6. The largest absolute Gasteiger partial charge is 0.491 e. The van der Waals surface area contributed by atoms with E-state index in [0.717, 1.165) is 5.75 Å². The summed E-state index contributed by atoms with van der Waals surface area (Å²) in [5, 5.41) is 14.8. The van der Waals surface area contributed by atoms with Crippen molar-refractivity contribution in [3.8, 4) is 11.8 Å². The summed E-state index contributed by atoms with van der Waals surface area (Å²) in [5.74, 6) is 0.839. The van der Waals surface area contributed by atoms with Gasteiger partial charge in [-0.1, -0.05) is 6.07 Å². The first-order valence-corrected chi connectivity index (χ1v) is 8.71. The lowest BCUT2D eigenvalue weighted by molar-refractivity contribution is 0.102. The quantitative estimate of drug-likeness (QED) is 0.674. The van der Waals surface area contributed by atoms with Gasteiger partial charge in [-0.3, -0.25) is 4.79 Å². The molecule has 3 aromatic rings. The molecule has 0 fully saturated rings. The Morgan fingerprint density at radius 3 is 2.57 bits per heavy atom. The van der Waals surface area contributed by atoms with Crippen LogP contribution in [0.1, 0.15) is 29.9 Å². The zero-order valence-corrected chi connectivity index (χ0v) is 15.5. The van der Waals surface area contributed by atoms with Crippen molar-refractivity contribution in [1.82, 2.24) is 9.97 Å². The van der Waals surface area contributed by atoms with Gasteiger partial charge in [-0.05, 0) is 56.3 Å². The van der Waals surface area contributed by atoms with Crippen LogP contribution >= 0.6 is 0 Å². The van der Waals surface area contributed by atoms with Gasteiger partial charge in [0, 0.05) is 17.4 Å². The Hall–Kier alpha value is -3.92. The van der Waals surface area contributed by atoms with Gasteiger partial charge in [-0.25, -0.2) is 9.97 Å². The molecule has 0 saturated carbocycles. The highest BCUT2D eigenvalue weighted by molar-refractivity contribution is 6.03. The molecule has 1 aromatic heterocycles. The highest BCUT2D eigenvalue weighted by atomic mass is 16.5. The van der Waals surface area contributed by atoms with Crippen molar-refractivity contribution in [2.45, 2.75) is 20.0 Å². The van der Waals surface area contributed by atoms with E-state index in [0.29, 0.717) is 22.8 Å². The molecule has 7 heteroatoms. The van der Waals surface area contributed by atoms with Crippen molar-refractivity contribution < 1.29 is 9.53 Å². The van der Waals surface area contributed by atoms with Crippen LogP contribution in [0.2, 0.25) is 0 Å². The lowest BCUT2D eigenvalue weighted by atomic mass is 10.2. The molecule has 2 N–H and O–H groups in total. The fourth-order valence-electron chi connectivity index (χ4n) is 2.45. The van der Waals surface area contributed by atoms with E-state index in [2.05, 4.69) is 26.7 Å². The van der Waals surface area contributed by atoms with Crippen LogP contribution in [0, 0.1) is 11.3 Å². The number of nitrogens with one attached hydrogen (secondary N) is 2. The number of hydrogen-bond donors (Lipinski definition) is 2. The van der Waals surface area contributed by atoms with Crippen molar-refractivity contribution in [3.63, 3.8) is 0 Å². The summed E-state index contributed by atoms with van der Waals surface area (Å²) in [6, 6.07) is 17.7. The Balaban J connectivity index is 1.69. The van der Waals surface area contributed by atoms with Crippen molar-refractivity contribution in [3.05, 3.63) is 72.2 Å². The van der Waals surface area contributed by atoms with Gasteiger partial charge in [0.2, 0.25) is 0 Å². The van der Waals surface area contributed by atoms with E-state index in [1.54, 1.807) is 48.5 Å². The fourth-order valence-corrected chi connectivity index (χ4v) is 2.45. The molecule has 7 nitrogen and oxygen atoms in total. The summed E-state index contributed by atoms with van der Waals surface area (Å²) in [6.45, 7) is 3.90. The van der Waals surface area contributed by atoms with E-state index >= 15 is 0 Å². The third kappa shape index (κ3) is 5.05. The molecule has 0 spiro atoms. The zero-order chi connectivity index (χ0) is 19.9. The summed E-state index contributed by atoms with van der Waals surface area (Å²) in [4.78, 5) is 20.6. The molecular weight excluding hydrogens is 354 g/mol. The van der Waals surface area contributed by atoms with E-state index in [-0.39, 0.29) is 17.7 Å². The number of aromatic nitrogens is 2. The number of benzene rings is 2. The molecule has 0 aliphatic heterocycles. The number of carbonyl (C=O) groups excluding carboxylic acids is 1. The number of hydrogen-bond acceptors (Lipinski definition) is 6. The molecule has 140 valence electrons. The van der Waals surface area contributed by atoms with Crippen molar-refractivity contribution in [2.24, 2.45) is 0 Å². The molecule has 28 heavy (non-hydrogen) atoms. The Morgan fingerprint density at radius 2 is 1.86 bits per heavy atom. The molecular formula is C21H19N5O2. The maximum Gasteiger partial charge on any atom is 0.274 e. The minimum absolute atomic E-state index is 0.0845. The SMILES string of the molecule is CC(C)Oc1ccc(NC(=O)c2cc(Nc3cccc(C#N)c3)ncn2)cc1. The third-order valence-corrected chi connectivity index (χ3v) is 3.65. The minimum Gasteiger partial charge on any atom is -0.491 e. The number of nitrogens with zero attached hydrogens (tertiary/aromatic N) is 3. The van der Waals surface area contributed by atoms with Crippen LogP contribution in [-0.2, 0) is 0 Å². The predicted molar refractivity (Wildman–Crippen MR) is 107 cm³/mol. The van der Waals surface area contributed by atoms with Gasteiger partial charge < -0.3 is 15.4 Å². The average Bonchev–Trinajstić information content (AvgIpc) is 2.69. The monoisotopic (exact) mass is 373 g/mol. The molecule has 0 saturated heterocycles. The summed E-state index contributed by atoms with van der Waals surface area (Å²) < 4.78 is 5.59. The molecule has 1 amide bonds. The van der Waals surface area contributed by atoms with Crippen LogP contribution in [0.4, 0.5) is 17.2 Å².